The van der Waals surface area contributed by atoms with Gasteiger partial charge in [-0.2, -0.15) is 0 Å². The Morgan fingerprint density at radius 2 is 1.89 bits per heavy atom. The molecule has 1 aliphatic rings. The molecule has 0 aromatic carbocycles. The summed E-state index contributed by atoms with van der Waals surface area (Å²) in [6.45, 7) is 1.79. The second kappa shape index (κ2) is 5.14. The Morgan fingerprint density at radius 3 is 2.33 bits per heavy atom. The van der Waals surface area contributed by atoms with Gasteiger partial charge in [0, 0.05) is 39.2 Å². The SMILES string of the molecule is CO[CH]C1C=CC=C1.[Zr]. The summed E-state index contributed by atoms with van der Waals surface area (Å²) in [5.41, 5.74) is 0. The van der Waals surface area contributed by atoms with Gasteiger partial charge in [-0.3, -0.25) is 0 Å². The number of rotatable bonds is 2. The third-order valence-corrected chi connectivity index (χ3v) is 1.07. The molecule has 47 valence electrons. The number of methoxy groups -OCH3 is 1. The second-order valence-electron chi connectivity index (χ2n) is 1.72. The Morgan fingerprint density at radius 1 is 1.33 bits per heavy atom. The molecular weight excluding hydrogens is 191 g/mol. The van der Waals surface area contributed by atoms with Crippen molar-refractivity contribution in [1.82, 2.24) is 0 Å². The molecule has 0 bridgehead atoms. The zero-order chi connectivity index (χ0) is 5.82. The first-order valence-electron chi connectivity index (χ1n) is 2.64. The summed E-state index contributed by atoms with van der Waals surface area (Å²) in [7, 11) is 1.67. The van der Waals surface area contributed by atoms with Crippen molar-refractivity contribution in [3.63, 3.8) is 0 Å². The van der Waals surface area contributed by atoms with Crippen molar-refractivity contribution in [3.05, 3.63) is 30.9 Å². The third kappa shape index (κ3) is 3.12. The Hall–Kier alpha value is 0.323. The van der Waals surface area contributed by atoms with E-state index in [0.29, 0.717) is 5.92 Å². The molecule has 0 aromatic heterocycles. The fraction of sp³-hybridized carbons (Fsp3) is 0.286. The van der Waals surface area contributed by atoms with Crippen molar-refractivity contribution in [1.29, 1.82) is 0 Å². The van der Waals surface area contributed by atoms with Gasteiger partial charge in [0.25, 0.3) is 0 Å². The molecule has 0 atom stereocenters. The monoisotopic (exact) mass is 199 g/mol. The van der Waals surface area contributed by atoms with Crippen LogP contribution in [0.25, 0.3) is 0 Å². The number of hydrogen-bond acceptors (Lipinski definition) is 1. The molecule has 0 spiro atoms. The van der Waals surface area contributed by atoms with Crippen LogP contribution >= 0.6 is 0 Å². The summed E-state index contributed by atoms with van der Waals surface area (Å²) in [6.07, 6.45) is 8.17. The van der Waals surface area contributed by atoms with Gasteiger partial charge in [-0.1, -0.05) is 24.3 Å². The first-order valence-corrected chi connectivity index (χ1v) is 2.64. The molecule has 1 aliphatic carbocycles. The summed E-state index contributed by atoms with van der Waals surface area (Å²) in [6, 6.07) is 0. The molecule has 1 radical (unpaired) electrons. The standard InChI is InChI=1S/C7H9O.Zr/c1-8-6-7-4-2-3-5-7;/h2-7H,1H3;. The van der Waals surface area contributed by atoms with E-state index in [1.165, 1.54) is 0 Å². The number of ether oxygens (including phenoxy) is 1. The fourth-order valence-corrected chi connectivity index (χ4v) is 0.697. The van der Waals surface area contributed by atoms with Gasteiger partial charge < -0.3 is 4.74 Å². The van der Waals surface area contributed by atoms with E-state index in [1.807, 2.05) is 12.2 Å². The summed E-state index contributed by atoms with van der Waals surface area (Å²) < 4.78 is 4.80. The largest absolute Gasteiger partial charge is 0.378 e. The summed E-state index contributed by atoms with van der Waals surface area (Å²) in [5, 5.41) is 0. The summed E-state index contributed by atoms with van der Waals surface area (Å²) in [5.74, 6) is 0.403. The van der Waals surface area contributed by atoms with Crippen molar-refractivity contribution >= 4 is 0 Å². The van der Waals surface area contributed by atoms with Crippen molar-refractivity contribution < 1.29 is 30.9 Å². The third-order valence-electron chi connectivity index (χ3n) is 1.07. The maximum Gasteiger partial charge on any atom is 0.0938 e. The number of hydrogen-bond donors (Lipinski definition) is 0. The van der Waals surface area contributed by atoms with Crippen molar-refractivity contribution in [3.8, 4) is 0 Å². The quantitative estimate of drug-likeness (QED) is 0.657. The van der Waals surface area contributed by atoms with E-state index >= 15 is 0 Å². The minimum absolute atomic E-state index is 0. The molecule has 0 amide bonds. The van der Waals surface area contributed by atoms with E-state index in [-0.39, 0.29) is 26.2 Å². The molecule has 0 saturated carbocycles. The molecule has 0 aromatic rings. The maximum absolute atomic E-state index is 4.80. The molecule has 1 rings (SSSR count). The van der Waals surface area contributed by atoms with Crippen LogP contribution in [0.4, 0.5) is 0 Å². The van der Waals surface area contributed by atoms with Gasteiger partial charge in [0.05, 0.1) is 6.61 Å². The minimum Gasteiger partial charge on any atom is -0.378 e. The van der Waals surface area contributed by atoms with Crippen LogP contribution in [0.5, 0.6) is 0 Å². The summed E-state index contributed by atoms with van der Waals surface area (Å²) in [4.78, 5) is 0. The average molecular weight is 200 g/mol. The summed E-state index contributed by atoms with van der Waals surface area (Å²) >= 11 is 0. The molecule has 0 unspecified atom stereocenters. The molecule has 9 heavy (non-hydrogen) atoms. The van der Waals surface area contributed by atoms with Crippen LogP contribution in [-0.4, -0.2) is 7.11 Å². The Kier molecular flexibility index (Phi) is 5.32. The van der Waals surface area contributed by atoms with Gasteiger partial charge in [0.2, 0.25) is 0 Å². The molecule has 0 fully saturated rings. The van der Waals surface area contributed by atoms with Crippen LogP contribution in [0.2, 0.25) is 0 Å². The van der Waals surface area contributed by atoms with Crippen molar-refractivity contribution in [2.45, 2.75) is 0 Å². The zero-order valence-corrected chi connectivity index (χ0v) is 7.83. The van der Waals surface area contributed by atoms with Crippen LogP contribution in [-0.2, 0) is 30.9 Å². The van der Waals surface area contributed by atoms with E-state index in [1.54, 1.807) is 13.7 Å². The van der Waals surface area contributed by atoms with Gasteiger partial charge in [-0.25, -0.2) is 0 Å². The molecular formula is C7H9OZr. The van der Waals surface area contributed by atoms with E-state index < -0.39 is 0 Å². The molecule has 1 nitrogen and oxygen atoms in total. The van der Waals surface area contributed by atoms with Gasteiger partial charge in [-0.15, -0.1) is 0 Å². The van der Waals surface area contributed by atoms with Gasteiger partial charge in [0.1, 0.15) is 0 Å². The smallest absolute Gasteiger partial charge is 0.0938 e. The molecule has 0 saturated heterocycles. The van der Waals surface area contributed by atoms with Crippen molar-refractivity contribution in [2.75, 3.05) is 7.11 Å². The molecule has 0 aliphatic heterocycles. The first kappa shape index (κ1) is 9.32. The fourth-order valence-electron chi connectivity index (χ4n) is 0.697. The van der Waals surface area contributed by atoms with E-state index in [9.17, 15) is 0 Å². The van der Waals surface area contributed by atoms with Gasteiger partial charge in [0.15, 0.2) is 0 Å². The number of allylic oxidation sites excluding steroid dienone is 2. The maximum atomic E-state index is 4.80. The Bertz CT molecular complexity index is 106. The minimum atomic E-state index is 0. The average Bonchev–Trinajstić information content (AvgIpc) is 2.19. The van der Waals surface area contributed by atoms with E-state index in [4.69, 9.17) is 4.74 Å². The van der Waals surface area contributed by atoms with Crippen LogP contribution in [0.3, 0.4) is 0 Å². The Labute approximate surface area is 74.9 Å². The zero-order valence-electron chi connectivity index (χ0n) is 5.37. The van der Waals surface area contributed by atoms with Crippen LogP contribution < -0.4 is 0 Å². The predicted molar refractivity (Wildman–Crippen MR) is 33.1 cm³/mol. The van der Waals surface area contributed by atoms with Crippen LogP contribution in [0, 0.1) is 12.5 Å². The van der Waals surface area contributed by atoms with Gasteiger partial charge in [-0.05, 0) is 0 Å². The molecule has 2 heteroatoms. The second-order valence-corrected chi connectivity index (χ2v) is 1.72. The van der Waals surface area contributed by atoms with Crippen LogP contribution in [0.15, 0.2) is 24.3 Å². The van der Waals surface area contributed by atoms with Crippen molar-refractivity contribution in [2.24, 2.45) is 5.92 Å². The van der Waals surface area contributed by atoms with E-state index in [0.717, 1.165) is 0 Å². The topological polar surface area (TPSA) is 9.23 Å². The molecule has 0 N–H and O–H groups in total. The van der Waals surface area contributed by atoms with E-state index in [2.05, 4.69) is 12.2 Å². The van der Waals surface area contributed by atoms with Gasteiger partial charge >= 0.3 is 0 Å². The normalized spacial score (nSPS) is 16.1. The first-order chi connectivity index (χ1) is 3.93. The Balaban J connectivity index is 0.000000640. The molecule has 0 heterocycles. The predicted octanol–water partition coefficient (Wildman–Crippen LogP) is 1.53. The van der Waals surface area contributed by atoms with Crippen LogP contribution in [0.1, 0.15) is 0 Å².